The van der Waals surface area contributed by atoms with Crippen molar-refractivity contribution in [2.24, 2.45) is 0 Å². The van der Waals surface area contributed by atoms with E-state index in [9.17, 15) is 0 Å². The second-order valence-electron chi connectivity index (χ2n) is 4.22. The van der Waals surface area contributed by atoms with Crippen molar-refractivity contribution < 1.29 is 0 Å². The van der Waals surface area contributed by atoms with Gasteiger partial charge in [0.1, 0.15) is 0 Å². The van der Waals surface area contributed by atoms with Gasteiger partial charge >= 0.3 is 0 Å². The predicted molar refractivity (Wildman–Crippen MR) is 74.1 cm³/mol. The van der Waals surface area contributed by atoms with E-state index in [1.165, 1.54) is 16.5 Å². The number of allylic oxidation sites excluding steroid dienone is 1. The molecule has 0 aliphatic rings. The lowest BCUT2D eigenvalue weighted by molar-refractivity contribution is 0.710. The lowest BCUT2D eigenvalue weighted by Crippen LogP contribution is -2.12. The monoisotopic (exact) mass is 228 g/mol. The van der Waals surface area contributed by atoms with Gasteiger partial charge in [-0.05, 0) is 30.0 Å². The maximum absolute atomic E-state index is 3.79. The van der Waals surface area contributed by atoms with Crippen LogP contribution in [0.15, 0.2) is 43.1 Å². The summed E-state index contributed by atoms with van der Waals surface area (Å²) in [5, 5.41) is 4.72. The van der Waals surface area contributed by atoms with Crippen molar-refractivity contribution in [1.29, 1.82) is 0 Å². The lowest BCUT2D eigenvalue weighted by atomic mass is 10.1. The number of hydrogen-bond acceptors (Lipinski definition) is 1. The van der Waals surface area contributed by atoms with Crippen molar-refractivity contribution >= 4 is 10.9 Å². The summed E-state index contributed by atoms with van der Waals surface area (Å²) in [6, 6.07) is 8.70. The van der Waals surface area contributed by atoms with E-state index in [0.29, 0.717) is 0 Å². The highest BCUT2D eigenvalue weighted by atomic mass is 15.0. The van der Waals surface area contributed by atoms with Crippen LogP contribution in [0.2, 0.25) is 0 Å². The average molecular weight is 228 g/mol. The molecule has 90 valence electrons. The highest BCUT2D eigenvalue weighted by Crippen LogP contribution is 2.20. The maximum atomic E-state index is 3.79. The molecule has 1 aromatic heterocycles. The van der Waals surface area contributed by atoms with E-state index in [4.69, 9.17) is 0 Å². The molecule has 1 N–H and O–H groups in total. The second-order valence-corrected chi connectivity index (χ2v) is 4.22. The molecule has 0 spiro atoms. The van der Waals surface area contributed by atoms with E-state index in [1.54, 1.807) is 0 Å². The molecule has 2 rings (SSSR count). The highest BCUT2D eigenvalue weighted by Gasteiger charge is 2.05. The van der Waals surface area contributed by atoms with E-state index < -0.39 is 0 Å². The molecule has 2 heteroatoms. The van der Waals surface area contributed by atoms with Gasteiger partial charge in [-0.2, -0.15) is 0 Å². The summed E-state index contributed by atoms with van der Waals surface area (Å²) in [5.41, 5.74) is 2.73. The van der Waals surface area contributed by atoms with Crippen LogP contribution in [0.5, 0.6) is 0 Å². The maximum Gasteiger partial charge on any atom is 0.0525 e. The summed E-state index contributed by atoms with van der Waals surface area (Å²) in [5.74, 6) is 0. The van der Waals surface area contributed by atoms with E-state index >= 15 is 0 Å². The minimum absolute atomic E-state index is 0.936. The van der Waals surface area contributed by atoms with Crippen LogP contribution in [0, 0.1) is 0 Å². The number of para-hydroxylation sites is 1. The Kier molecular flexibility index (Phi) is 3.99. The Morgan fingerprint density at radius 1 is 1.35 bits per heavy atom. The molecule has 1 aromatic carbocycles. The number of nitrogens with one attached hydrogen (secondary N) is 1. The lowest BCUT2D eigenvalue weighted by Gasteiger charge is -2.09. The Balaban J connectivity index is 2.36. The normalized spacial score (nSPS) is 10.9. The molecule has 0 fully saturated rings. The molecular formula is C15H20N2. The van der Waals surface area contributed by atoms with Gasteiger partial charge in [0.15, 0.2) is 0 Å². The zero-order valence-corrected chi connectivity index (χ0v) is 10.4. The van der Waals surface area contributed by atoms with Gasteiger partial charge in [0.2, 0.25) is 0 Å². The van der Waals surface area contributed by atoms with E-state index in [2.05, 4.69) is 53.8 Å². The third-order valence-corrected chi connectivity index (χ3v) is 3.01. The van der Waals surface area contributed by atoms with Crippen LogP contribution >= 0.6 is 0 Å². The van der Waals surface area contributed by atoms with Crippen LogP contribution < -0.4 is 5.32 Å². The van der Waals surface area contributed by atoms with Crippen molar-refractivity contribution in [2.75, 3.05) is 6.54 Å². The third-order valence-electron chi connectivity index (χ3n) is 3.01. The smallest absolute Gasteiger partial charge is 0.0525 e. The summed E-state index contributed by atoms with van der Waals surface area (Å²) in [4.78, 5) is 0. The van der Waals surface area contributed by atoms with Crippen molar-refractivity contribution in [1.82, 2.24) is 9.88 Å². The minimum atomic E-state index is 0.936. The number of nitrogens with zero attached hydrogens (tertiary/aromatic N) is 1. The zero-order valence-electron chi connectivity index (χ0n) is 10.4. The first-order valence-corrected chi connectivity index (χ1v) is 6.25. The van der Waals surface area contributed by atoms with Crippen molar-refractivity contribution in [3.8, 4) is 0 Å². The number of hydrogen-bond donors (Lipinski definition) is 1. The Morgan fingerprint density at radius 3 is 3.00 bits per heavy atom. The van der Waals surface area contributed by atoms with Crippen molar-refractivity contribution in [2.45, 2.75) is 26.4 Å². The first-order valence-electron chi connectivity index (χ1n) is 6.25. The summed E-state index contributed by atoms with van der Waals surface area (Å²) in [7, 11) is 0. The standard InChI is InChI=1S/C15H20N2/c1-3-5-10-17-11-9-13-7-6-8-14(15(13)17)12-16-4-2/h3,6-9,11,16H,1,4-5,10,12H2,2H3. The predicted octanol–water partition coefficient (Wildman–Crippen LogP) is 3.33. The van der Waals surface area contributed by atoms with Crippen LogP contribution in [0.25, 0.3) is 10.9 Å². The largest absolute Gasteiger partial charge is 0.347 e. The Hall–Kier alpha value is -1.54. The van der Waals surface area contributed by atoms with Gasteiger partial charge in [-0.25, -0.2) is 0 Å². The van der Waals surface area contributed by atoms with Gasteiger partial charge in [0.25, 0.3) is 0 Å². The molecule has 2 nitrogen and oxygen atoms in total. The Morgan fingerprint density at radius 2 is 2.24 bits per heavy atom. The molecule has 0 atom stereocenters. The van der Waals surface area contributed by atoms with Crippen molar-refractivity contribution in [3.63, 3.8) is 0 Å². The summed E-state index contributed by atoms with van der Waals surface area (Å²) in [6.07, 6.45) is 5.15. The number of benzene rings is 1. The molecule has 0 aliphatic heterocycles. The van der Waals surface area contributed by atoms with Gasteiger partial charge in [0, 0.05) is 19.3 Å². The van der Waals surface area contributed by atoms with E-state index in [1.807, 2.05) is 6.08 Å². The van der Waals surface area contributed by atoms with Gasteiger partial charge in [-0.3, -0.25) is 0 Å². The molecule has 0 saturated heterocycles. The summed E-state index contributed by atoms with van der Waals surface area (Å²) in [6.45, 7) is 8.87. The number of aryl methyl sites for hydroxylation is 1. The molecule has 0 saturated carbocycles. The first kappa shape index (κ1) is 11.9. The molecule has 0 unspecified atom stereocenters. The van der Waals surface area contributed by atoms with Crippen LogP contribution in [0.1, 0.15) is 18.9 Å². The summed E-state index contributed by atoms with van der Waals surface area (Å²) >= 11 is 0. The molecule has 0 bridgehead atoms. The van der Waals surface area contributed by atoms with Crippen LogP contribution in [-0.4, -0.2) is 11.1 Å². The fourth-order valence-electron chi connectivity index (χ4n) is 2.16. The van der Waals surface area contributed by atoms with Crippen molar-refractivity contribution in [3.05, 3.63) is 48.7 Å². The van der Waals surface area contributed by atoms with Crippen LogP contribution in [0.4, 0.5) is 0 Å². The SMILES string of the molecule is C=CCCn1ccc2cccc(CNCC)c21. The van der Waals surface area contributed by atoms with Gasteiger partial charge in [-0.1, -0.05) is 31.2 Å². The molecule has 17 heavy (non-hydrogen) atoms. The minimum Gasteiger partial charge on any atom is -0.347 e. The first-order chi connectivity index (χ1) is 8.36. The van der Waals surface area contributed by atoms with Gasteiger partial charge < -0.3 is 9.88 Å². The molecule has 2 aromatic rings. The van der Waals surface area contributed by atoms with E-state index in [-0.39, 0.29) is 0 Å². The third kappa shape index (κ3) is 2.59. The second kappa shape index (κ2) is 5.69. The van der Waals surface area contributed by atoms with Crippen LogP contribution in [-0.2, 0) is 13.1 Å². The fourth-order valence-corrected chi connectivity index (χ4v) is 2.16. The molecule has 0 aliphatic carbocycles. The Labute approximate surface area is 103 Å². The number of rotatable bonds is 6. The topological polar surface area (TPSA) is 17.0 Å². The quantitative estimate of drug-likeness (QED) is 0.750. The van der Waals surface area contributed by atoms with Gasteiger partial charge in [-0.15, -0.1) is 6.58 Å². The molecule has 1 heterocycles. The number of aromatic nitrogens is 1. The van der Waals surface area contributed by atoms with Gasteiger partial charge in [0.05, 0.1) is 5.52 Å². The molecular weight excluding hydrogens is 208 g/mol. The van der Waals surface area contributed by atoms with E-state index in [0.717, 1.165) is 26.1 Å². The molecule has 0 amide bonds. The number of fused-ring (bicyclic) bond motifs is 1. The van der Waals surface area contributed by atoms with Crippen LogP contribution in [0.3, 0.4) is 0 Å². The average Bonchev–Trinajstić information content (AvgIpc) is 2.77. The summed E-state index contributed by atoms with van der Waals surface area (Å²) < 4.78 is 2.32. The zero-order chi connectivity index (χ0) is 12.1. The fraction of sp³-hybridized carbons (Fsp3) is 0.333. The molecule has 0 radical (unpaired) electrons. The highest BCUT2D eigenvalue weighted by molar-refractivity contribution is 5.83. The Bertz CT molecular complexity index is 497.